The van der Waals surface area contributed by atoms with Crippen LogP contribution in [0.25, 0.3) is 0 Å². The van der Waals surface area contributed by atoms with Gasteiger partial charge in [-0.05, 0) is 5.41 Å². The normalized spacial score (nSPS) is 10.6. The average Bonchev–Trinajstić information content (AvgIpc) is 2.52. The van der Waals surface area contributed by atoms with Crippen molar-refractivity contribution in [2.75, 3.05) is 7.11 Å². The molecular weight excluding hydrogens is 190 g/mol. The first-order chi connectivity index (χ1) is 6.24. The molecule has 0 unspecified atom stereocenters. The van der Waals surface area contributed by atoms with Gasteiger partial charge in [-0.2, -0.15) is 5.10 Å². The maximum Gasteiger partial charge on any atom is 0.330 e. The Bertz CT molecular complexity index is 321. The monoisotopic (exact) mass is 199 g/mol. The van der Waals surface area contributed by atoms with Crippen LogP contribution in [0.5, 0.6) is 0 Å². The zero-order valence-electron chi connectivity index (χ0n) is 7.30. The molecule has 1 aromatic rings. The minimum Gasteiger partial charge on any atom is -0.466 e. The van der Waals surface area contributed by atoms with Gasteiger partial charge in [-0.3, -0.25) is 0 Å². The van der Waals surface area contributed by atoms with E-state index in [2.05, 4.69) is 14.8 Å². The molecule has 0 saturated heterocycles. The Morgan fingerprint density at radius 2 is 2.54 bits per heavy atom. The summed E-state index contributed by atoms with van der Waals surface area (Å²) in [5.74, 6) is -0.380. The van der Waals surface area contributed by atoms with Crippen LogP contribution in [0.2, 0.25) is 0 Å². The summed E-state index contributed by atoms with van der Waals surface area (Å²) in [5, 5.41) is 6.20. The molecule has 0 fully saturated rings. The second-order valence-electron chi connectivity index (χ2n) is 2.11. The van der Waals surface area contributed by atoms with Crippen molar-refractivity contribution in [1.82, 2.24) is 14.8 Å². The SMILES string of the molecule is COC(=O)/C=C/Sc1ncnn1C. The van der Waals surface area contributed by atoms with Crippen LogP contribution in [-0.2, 0) is 16.6 Å². The van der Waals surface area contributed by atoms with Crippen LogP contribution in [-0.4, -0.2) is 27.8 Å². The number of rotatable bonds is 3. The number of carbonyl (C=O) groups excluding carboxylic acids is 1. The zero-order chi connectivity index (χ0) is 9.68. The molecule has 13 heavy (non-hydrogen) atoms. The van der Waals surface area contributed by atoms with E-state index in [-0.39, 0.29) is 5.97 Å². The third kappa shape index (κ3) is 2.90. The van der Waals surface area contributed by atoms with Gasteiger partial charge in [0.2, 0.25) is 0 Å². The Balaban J connectivity index is 2.48. The van der Waals surface area contributed by atoms with E-state index in [1.165, 1.54) is 31.3 Å². The lowest BCUT2D eigenvalue weighted by Gasteiger charge is -1.93. The molecule has 1 heterocycles. The fraction of sp³-hybridized carbons (Fsp3) is 0.286. The highest BCUT2D eigenvalue weighted by molar-refractivity contribution is 8.02. The smallest absolute Gasteiger partial charge is 0.330 e. The Kier molecular flexibility index (Phi) is 3.51. The second kappa shape index (κ2) is 4.66. The maximum atomic E-state index is 10.7. The van der Waals surface area contributed by atoms with Crippen LogP contribution in [0, 0.1) is 0 Å². The third-order valence-electron chi connectivity index (χ3n) is 1.25. The standard InChI is InChI=1S/C7H9N3O2S/c1-10-7(8-5-9-10)13-4-3-6(11)12-2/h3-5H,1-2H3/b4-3+. The second-order valence-corrected chi connectivity index (χ2v) is 2.98. The Morgan fingerprint density at radius 1 is 1.77 bits per heavy atom. The first-order valence-electron chi connectivity index (χ1n) is 3.49. The Labute approximate surface area is 79.8 Å². The van der Waals surface area contributed by atoms with E-state index in [0.29, 0.717) is 0 Å². The first-order valence-corrected chi connectivity index (χ1v) is 4.37. The highest BCUT2D eigenvalue weighted by Crippen LogP contribution is 2.13. The van der Waals surface area contributed by atoms with Gasteiger partial charge >= 0.3 is 5.97 Å². The molecule has 0 aliphatic carbocycles. The van der Waals surface area contributed by atoms with E-state index in [0.717, 1.165) is 5.16 Å². The number of ether oxygens (including phenoxy) is 1. The van der Waals surface area contributed by atoms with E-state index in [1.807, 2.05) is 0 Å². The number of aryl methyl sites for hydroxylation is 1. The minimum absolute atomic E-state index is 0.380. The van der Waals surface area contributed by atoms with Crippen LogP contribution in [0.15, 0.2) is 23.0 Å². The molecule has 0 saturated carbocycles. The molecule has 0 aliphatic rings. The summed E-state index contributed by atoms with van der Waals surface area (Å²) in [6.45, 7) is 0. The van der Waals surface area contributed by atoms with Gasteiger partial charge in [-0.25, -0.2) is 14.5 Å². The summed E-state index contributed by atoms with van der Waals surface area (Å²) in [7, 11) is 3.11. The van der Waals surface area contributed by atoms with Gasteiger partial charge in [-0.1, -0.05) is 11.8 Å². The molecule has 1 aromatic heterocycles. The van der Waals surface area contributed by atoms with E-state index in [4.69, 9.17) is 0 Å². The van der Waals surface area contributed by atoms with Gasteiger partial charge in [0.25, 0.3) is 0 Å². The molecule has 0 spiro atoms. The molecule has 0 aromatic carbocycles. The molecular formula is C7H9N3O2S. The van der Waals surface area contributed by atoms with Gasteiger partial charge in [0.1, 0.15) is 6.33 Å². The fourth-order valence-corrected chi connectivity index (χ4v) is 1.22. The van der Waals surface area contributed by atoms with Gasteiger partial charge < -0.3 is 4.74 Å². The van der Waals surface area contributed by atoms with E-state index >= 15 is 0 Å². The summed E-state index contributed by atoms with van der Waals surface area (Å²) >= 11 is 1.31. The quantitative estimate of drug-likeness (QED) is 0.405. The van der Waals surface area contributed by atoms with Crippen LogP contribution in [0.4, 0.5) is 0 Å². The predicted octanol–water partition coefficient (Wildman–Crippen LogP) is 0.594. The van der Waals surface area contributed by atoms with Crippen molar-refractivity contribution in [1.29, 1.82) is 0 Å². The first kappa shape index (κ1) is 9.79. The van der Waals surface area contributed by atoms with Crippen LogP contribution < -0.4 is 0 Å². The van der Waals surface area contributed by atoms with Gasteiger partial charge in [0.15, 0.2) is 5.16 Å². The summed E-state index contributed by atoms with van der Waals surface area (Å²) < 4.78 is 6.04. The van der Waals surface area contributed by atoms with Gasteiger partial charge in [0.05, 0.1) is 7.11 Å². The van der Waals surface area contributed by atoms with Crippen molar-refractivity contribution >= 4 is 17.7 Å². The number of thioether (sulfide) groups is 1. The zero-order valence-corrected chi connectivity index (χ0v) is 8.11. The van der Waals surface area contributed by atoms with E-state index < -0.39 is 0 Å². The number of hydrogen-bond acceptors (Lipinski definition) is 5. The van der Waals surface area contributed by atoms with Gasteiger partial charge in [0, 0.05) is 13.1 Å². The highest BCUT2D eigenvalue weighted by Gasteiger charge is 1.97. The van der Waals surface area contributed by atoms with Crippen molar-refractivity contribution in [2.24, 2.45) is 7.05 Å². The molecule has 0 aliphatic heterocycles. The number of carbonyl (C=O) groups is 1. The van der Waals surface area contributed by atoms with Crippen LogP contribution >= 0.6 is 11.8 Å². The molecule has 1 rings (SSSR count). The lowest BCUT2D eigenvalue weighted by molar-refractivity contribution is -0.134. The number of esters is 1. The maximum absolute atomic E-state index is 10.7. The number of aromatic nitrogens is 3. The molecule has 0 radical (unpaired) electrons. The van der Waals surface area contributed by atoms with Crippen molar-refractivity contribution in [2.45, 2.75) is 5.16 Å². The summed E-state index contributed by atoms with van der Waals surface area (Å²) in [5.41, 5.74) is 0. The van der Waals surface area contributed by atoms with Crippen molar-refractivity contribution < 1.29 is 9.53 Å². The topological polar surface area (TPSA) is 57.0 Å². The van der Waals surface area contributed by atoms with Crippen LogP contribution in [0.1, 0.15) is 0 Å². The lowest BCUT2D eigenvalue weighted by atomic mass is 10.7. The van der Waals surface area contributed by atoms with Gasteiger partial charge in [-0.15, -0.1) is 0 Å². The molecule has 0 atom stereocenters. The molecule has 6 heteroatoms. The third-order valence-corrected chi connectivity index (χ3v) is 2.10. The number of methoxy groups -OCH3 is 1. The Hall–Kier alpha value is -1.30. The average molecular weight is 199 g/mol. The number of nitrogens with zero attached hydrogens (tertiary/aromatic N) is 3. The highest BCUT2D eigenvalue weighted by atomic mass is 32.2. The molecule has 0 amide bonds. The van der Waals surface area contributed by atoms with E-state index in [9.17, 15) is 4.79 Å². The predicted molar refractivity (Wildman–Crippen MR) is 48.0 cm³/mol. The molecule has 70 valence electrons. The fourth-order valence-electron chi connectivity index (χ4n) is 0.611. The largest absolute Gasteiger partial charge is 0.466 e. The lowest BCUT2D eigenvalue weighted by Crippen LogP contribution is -1.94. The minimum atomic E-state index is -0.380. The van der Waals surface area contributed by atoms with Crippen molar-refractivity contribution in [3.8, 4) is 0 Å². The Morgan fingerprint density at radius 3 is 3.08 bits per heavy atom. The number of hydrogen-bond donors (Lipinski definition) is 0. The van der Waals surface area contributed by atoms with Crippen molar-refractivity contribution in [3.05, 3.63) is 17.8 Å². The van der Waals surface area contributed by atoms with Crippen LogP contribution in [0.3, 0.4) is 0 Å². The summed E-state index contributed by atoms with van der Waals surface area (Å²) in [6, 6.07) is 0. The molecule has 0 N–H and O–H groups in total. The van der Waals surface area contributed by atoms with E-state index in [1.54, 1.807) is 17.1 Å². The summed E-state index contributed by atoms with van der Waals surface area (Å²) in [6.07, 6.45) is 2.79. The summed E-state index contributed by atoms with van der Waals surface area (Å²) in [4.78, 5) is 14.6. The van der Waals surface area contributed by atoms with Crippen molar-refractivity contribution in [3.63, 3.8) is 0 Å². The molecule has 5 nitrogen and oxygen atoms in total. The molecule has 0 bridgehead atoms.